The first-order valence-electron chi connectivity index (χ1n) is 11.7. The molecule has 1 saturated carbocycles. The Balaban J connectivity index is 1.19. The van der Waals surface area contributed by atoms with Gasteiger partial charge >= 0.3 is 0 Å². The summed E-state index contributed by atoms with van der Waals surface area (Å²) in [4.78, 5) is 2.47. The molecule has 9 heteroatoms. The quantitative estimate of drug-likeness (QED) is 0.545. The van der Waals surface area contributed by atoms with Crippen molar-refractivity contribution in [2.75, 3.05) is 31.6 Å². The molecule has 0 bridgehead atoms. The van der Waals surface area contributed by atoms with Gasteiger partial charge in [-0.05, 0) is 67.1 Å². The molecule has 2 aliphatic heterocycles. The summed E-state index contributed by atoms with van der Waals surface area (Å²) >= 11 is 0. The van der Waals surface area contributed by atoms with Gasteiger partial charge in [0.1, 0.15) is 11.6 Å². The van der Waals surface area contributed by atoms with Crippen LogP contribution in [0.25, 0.3) is 11.3 Å². The van der Waals surface area contributed by atoms with Crippen LogP contribution in [0.15, 0.2) is 24.3 Å². The van der Waals surface area contributed by atoms with Crippen molar-refractivity contribution in [1.82, 2.24) is 15.1 Å². The fourth-order valence-corrected chi connectivity index (χ4v) is 5.86. The van der Waals surface area contributed by atoms with E-state index in [1.807, 2.05) is 0 Å². The summed E-state index contributed by atoms with van der Waals surface area (Å²) in [6, 6.07) is 4.91. The smallest absolute Gasteiger partial charge is 0.168 e. The van der Waals surface area contributed by atoms with Crippen LogP contribution < -0.4 is 5.32 Å². The van der Waals surface area contributed by atoms with Crippen LogP contribution in [0.5, 0.6) is 0 Å². The highest BCUT2D eigenvalue weighted by molar-refractivity contribution is 6.15. The van der Waals surface area contributed by atoms with Crippen molar-refractivity contribution in [3.05, 3.63) is 41.7 Å². The number of halogens is 3. The van der Waals surface area contributed by atoms with E-state index < -0.39 is 17.5 Å². The summed E-state index contributed by atoms with van der Waals surface area (Å²) in [7, 11) is 6.81. The Hall–Kier alpha value is -2.13. The Morgan fingerprint density at radius 2 is 1.76 bits per heavy atom. The Morgan fingerprint density at radius 3 is 2.39 bits per heavy atom. The third-order valence-electron chi connectivity index (χ3n) is 7.77. The lowest BCUT2D eigenvalue weighted by Crippen LogP contribution is -2.53. The Morgan fingerprint density at radius 1 is 1.06 bits per heavy atom. The second kappa shape index (κ2) is 8.91. The highest BCUT2D eigenvalue weighted by Gasteiger charge is 2.46. The minimum absolute atomic E-state index is 0.0886. The molecular formula is C24H28BF3N4O. The summed E-state index contributed by atoms with van der Waals surface area (Å²) in [5.74, 6) is -1.03. The monoisotopic (exact) mass is 456 g/mol. The number of aromatic nitrogens is 2. The summed E-state index contributed by atoms with van der Waals surface area (Å²) in [6.45, 7) is 5.77. The number of likely N-dealkylation sites (tertiary alicyclic amines) is 1. The highest BCUT2D eigenvalue weighted by Crippen LogP contribution is 2.43. The first-order valence-corrected chi connectivity index (χ1v) is 11.7. The van der Waals surface area contributed by atoms with Crippen molar-refractivity contribution < 1.29 is 17.9 Å². The fraction of sp³-hybridized carbons (Fsp3) is 0.583. The second-order valence-corrected chi connectivity index (χ2v) is 9.90. The van der Waals surface area contributed by atoms with Crippen LogP contribution in [0, 0.1) is 35.2 Å². The minimum Gasteiger partial charge on any atom is -0.381 e. The molecule has 2 radical (unpaired) electrons. The number of nitrogens with zero attached hydrogens (tertiary/aromatic N) is 3. The highest BCUT2D eigenvalue weighted by atomic mass is 19.2. The predicted molar refractivity (Wildman–Crippen MR) is 120 cm³/mol. The van der Waals surface area contributed by atoms with Crippen molar-refractivity contribution in [3.8, 4) is 11.3 Å². The molecule has 3 aliphatic rings. The third-order valence-corrected chi connectivity index (χ3v) is 7.77. The average molecular weight is 456 g/mol. The summed E-state index contributed by atoms with van der Waals surface area (Å²) < 4.78 is 46.5. The SMILES string of the molecule is [B]C(C)(C1CCOCC1)N1C[C@H]2CC(Nc3ccc(-c4cc(F)cc(F)c4F)nn3)C[C@H]2C1. The molecule has 2 unspecified atom stereocenters. The van der Waals surface area contributed by atoms with Crippen LogP contribution >= 0.6 is 0 Å². The lowest BCUT2D eigenvalue weighted by atomic mass is 9.65. The van der Waals surface area contributed by atoms with Gasteiger partial charge in [0, 0.05) is 44.0 Å². The van der Waals surface area contributed by atoms with E-state index in [9.17, 15) is 13.2 Å². The van der Waals surface area contributed by atoms with Gasteiger partial charge in [-0.2, -0.15) is 0 Å². The molecule has 1 N–H and O–H groups in total. The molecule has 2 aromatic rings. The van der Waals surface area contributed by atoms with Gasteiger partial charge in [0.15, 0.2) is 11.6 Å². The number of ether oxygens (including phenoxy) is 1. The zero-order valence-corrected chi connectivity index (χ0v) is 18.7. The van der Waals surface area contributed by atoms with Crippen LogP contribution in [-0.2, 0) is 4.74 Å². The maximum Gasteiger partial charge on any atom is 0.168 e. The van der Waals surface area contributed by atoms with Crippen molar-refractivity contribution in [2.45, 2.75) is 44.1 Å². The molecule has 1 aromatic carbocycles. The van der Waals surface area contributed by atoms with Crippen molar-refractivity contribution in [1.29, 1.82) is 0 Å². The Kier molecular flexibility index (Phi) is 6.12. The second-order valence-electron chi connectivity index (χ2n) is 9.90. The summed E-state index contributed by atoms with van der Waals surface area (Å²) in [6.07, 6.45) is 4.09. The molecule has 0 spiro atoms. The number of rotatable bonds is 5. The molecule has 1 aromatic heterocycles. The van der Waals surface area contributed by atoms with E-state index in [0.29, 0.717) is 29.6 Å². The van der Waals surface area contributed by atoms with Gasteiger partial charge in [0.05, 0.1) is 13.5 Å². The molecule has 33 heavy (non-hydrogen) atoms. The average Bonchev–Trinajstić information content (AvgIpc) is 3.37. The molecule has 4 atom stereocenters. The number of hydrogen-bond donors (Lipinski definition) is 1. The van der Waals surface area contributed by atoms with Gasteiger partial charge in [-0.25, -0.2) is 13.2 Å². The lowest BCUT2D eigenvalue weighted by molar-refractivity contribution is 0.0199. The van der Waals surface area contributed by atoms with Crippen molar-refractivity contribution >= 4 is 13.7 Å². The molecule has 5 rings (SSSR count). The minimum atomic E-state index is -1.24. The molecule has 2 saturated heterocycles. The van der Waals surface area contributed by atoms with Crippen LogP contribution in [0.2, 0.25) is 0 Å². The van der Waals surface area contributed by atoms with E-state index in [1.165, 1.54) is 6.07 Å². The van der Waals surface area contributed by atoms with Gasteiger partial charge in [0.2, 0.25) is 0 Å². The van der Waals surface area contributed by atoms with Gasteiger partial charge in [-0.3, -0.25) is 0 Å². The number of anilines is 1. The topological polar surface area (TPSA) is 50.3 Å². The number of hydrogen-bond acceptors (Lipinski definition) is 5. The predicted octanol–water partition coefficient (Wildman–Crippen LogP) is 3.99. The van der Waals surface area contributed by atoms with Crippen LogP contribution in [0.4, 0.5) is 19.0 Å². The van der Waals surface area contributed by atoms with E-state index in [2.05, 4.69) is 27.3 Å². The molecule has 3 fully saturated rings. The van der Waals surface area contributed by atoms with Crippen LogP contribution in [0.3, 0.4) is 0 Å². The molecule has 3 heterocycles. The standard InChI is InChI=1S/C24H28BF3N4O/c1-24(25,16-4-6-33-7-5-16)32-12-14-8-18(9-15(14)13-32)29-22-3-2-21(30-31-22)19-10-17(26)11-20(27)23(19)28/h2-3,10-11,14-16,18H,4-9,12-13H2,1H3,(H,29,31)/t14-,15+,18?,24?. The van der Waals surface area contributed by atoms with E-state index in [4.69, 9.17) is 12.6 Å². The van der Waals surface area contributed by atoms with E-state index in [1.54, 1.807) is 6.07 Å². The van der Waals surface area contributed by atoms with Crippen LogP contribution in [-0.4, -0.2) is 60.7 Å². The first-order chi connectivity index (χ1) is 15.8. The Bertz CT molecular complexity index is 986. The molecule has 0 amide bonds. The molecule has 174 valence electrons. The van der Waals surface area contributed by atoms with E-state index >= 15 is 0 Å². The molecular weight excluding hydrogens is 428 g/mol. The van der Waals surface area contributed by atoms with E-state index in [0.717, 1.165) is 58.1 Å². The number of fused-ring (bicyclic) bond motifs is 1. The van der Waals surface area contributed by atoms with Gasteiger partial charge < -0.3 is 15.0 Å². The van der Waals surface area contributed by atoms with Gasteiger partial charge in [0.25, 0.3) is 0 Å². The molecule has 1 aliphatic carbocycles. The van der Waals surface area contributed by atoms with Crippen molar-refractivity contribution in [2.24, 2.45) is 17.8 Å². The third kappa shape index (κ3) is 4.49. The number of benzene rings is 1. The summed E-state index contributed by atoms with van der Waals surface area (Å²) in [5, 5.41) is 11.5. The normalized spacial score (nSPS) is 27.9. The number of nitrogens with one attached hydrogen (secondary N) is 1. The maximum absolute atomic E-state index is 14.0. The molecule has 5 nitrogen and oxygen atoms in total. The van der Waals surface area contributed by atoms with Gasteiger partial charge in [-0.1, -0.05) is 6.92 Å². The lowest BCUT2D eigenvalue weighted by Gasteiger charge is -2.45. The van der Waals surface area contributed by atoms with E-state index in [-0.39, 0.29) is 22.7 Å². The zero-order valence-electron chi connectivity index (χ0n) is 18.7. The van der Waals surface area contributed by atoms with Crippen LogP contribution in [0.1, 0.15) is 32.6 Å². The van der Waals surface area contributed by atoms with Crippen molar-refractivity contribution in [3.63, 3.8) is 0 Å². The first kappa shape index (κ1) is 22.7. The zero-order chi connectivity index (χ0) is 23.2. The summed E-state index contributed by atoms with van der Waals surface area (Å²) in [5.41, 5.74) is -0.452. The fourth-order valence-electron chi connectivity index (χ4n) is 5.86. The Labute approximate surface area is 193 Å². The maximum atomic E-state index is 14.0. The van der Waals surface area contributed by atoms with Gasteiger partial charge in [-0.15, -0.1) is 10.2 Å². The largest absolute Gasteiger partial charge is 0.381 e.